The Balaban J connectivity index is 1.82. The third-order valence-corrected chi connectivity index (χ3v) is 6.61. The van der Waals surface area contributed by atoms with Crippen LogP contribution in [0.2, 0.25) is 0 Å². The number of rotatable bonds is 6. The summed E-state index contributed by atoms with van der Waals surface area (Å²) in [7, 11) is 5.41. The molecule has 32 heavy (non-hydrogen) atoms. The lowest BCUT2D eigenvalue weighted by molar-refractivity contribution is -0.156. The molecule has 0 radical (unpaired) electrons. The second-order valence-electron chi connectivity index (χ2n) is 8.70. The second kappa shape index (κ2) is 8.39. The molecule has 2 aromatic rings. The van der Waals surface area contributed by atoms with Crippen LogP contribution in [0.4, 0.5) is 5.69 Å². The van der Waals surface area contributed by atoms with Gasteiger partial charge in [-0.05, 0) is 30.2 Å². The molecule has 1 N–H and O–H groups in total. The van der Waals surface area contributed by atoms with Gasteiger partial charge in [-0.2, -0.15) is 0 Å². The van der Waals surface area contributed by atoms with E-state index < -0.39 is 29.4 Å². The molecule has 168 valence electrons. The monoisotopic (exact) mass is 435 g/mol. The van der Waals surface area contributed by atoms with E-state index in [1.807, 2.05) is 73.6 Å². The van der Waals surface area contributed by atoms with Gasteiger partial charge in [-0.15, -0.1) is 0 Å². The van der Waals surface area contributed by atoms with Gasteiger partial charge in [0.15, 0.2) is 0 Å². The molecule has 0 unspecified atom stereocenters. The summed E-state index contributed by atoms with van der Waals surface area (Å²) >= 11 is 0. The fourth-order valence-corrected chi connectivity index (χ4v) is 5.01. The quantitative estimate of drug-likeness (QED) is 0.554. The molecule has 0 aromatic heterocycles. The van der Waals surface area contributed by atoms with E-state index in [4.69, 9.17) is 4.74 Å². The van der Waals surface area contributed by atoms with Crippen molar-refractivity contribution in [3.05, 3.63) is 65.7 Å². The highest BCUT2D eigenvalue weighted by Crippen LogP contribution is 2.50. The Bertz CT molecular complexity index is 1020. The average Bonchev–Trinajstić information content (AvgIpc) is 3.24. The molecule has 0 aliphatic carbocycles. The predicted molar refractivity (Wildman–Crippen MR) is 121 cm³/mol. The highest BCUT2D eigenvalue weighted by molar-refractivity contribution is 6.09. The molecular weight excluding hydrogens is 406 g/mol. The number of benzene rings is 2. The Labute approximate surface area is 188 Å². The number of ether oxygens (including phenoxy) is 1. The molecule has 2 aliphatic rings. The Hall–Kier alpha value is -3.19. The number of hydrogen-bond acceptors (Lipinski definition) is 6. The van der Waals surface area contributed by atoms with Crippen LogP contribution >= 0.6 is 0 Å². The van der Waals surface area contributed by atoms with Crippen molar-refractivity contribution in [2.45, 2.75) is 24.9 Å². The summed E-state index contributed by atoms with van der Waals surface area (Å²) in [6.45, 7) is 1.93. The summed E-state index contributed by atoms with van der Waals surface area (Å²) < 4.78 is 5.47. The van der Waals surface area contributed by atoms with Crippen molar-refractivity contribution in [3.63, 3.8) is 0 Å². The zero-order valence-corrected chi connectivity index (χ0v) is 18.9. The molecule has 4 atom stereocenters. The minimum Gasteiger partial charge on any atom is -0.465 e. The lowest BCUT2D eigenvalue weighted by atomic mass is 9.76. The molecule has 2 amide bonds. The molecule has 4 rings (SSSR count). The van der Waals surface area contributed by atoms with Gasteiger partial charge in [0.1, 0.15) is 5.54 Å². The number of nitrogens with zero attached hydrogens (tertiary/aromatic N) is 2. The summed E-state index contributed by atoms with van der Waals surface area (Å²) in [5, 5.41) is 3.43. The number of esters is 1. The largest absolute Gasteiger partial charge is 0.465 e. The van der Waals surface area contributed by atoms with Crippen molar-refractivity contribution >= 4 is 23.5 Å². The van der Waals surface area contributed by atoms with Crippen LogP contribution in [0.5, 0.6) is 0 Å². The number of nitrogens with one attached hydrogen (secondary N) is 1. The molecule has 2 saturated heterocycles. The van der Waals surface area contributed by atoms with Crippen LogP contribution < -0.4 is 10.2 Å². The first-order chi connectivity index (χ1) is 15.3. The topological polar surface area (TPSA) is 79.0 Å². The van der Waals surface area contributed by atoms with Crippen LogP contribution in [-0.2, 0) is 25.5 Å². The van der Waals surface area contributed by atoms with Crippen LogP contribution in [0.15, 0.2) is 54.6 Å². The van der Waals surface area contributed by atoms with Crippen LogP contribution in [-0.4, -0.2) is 56.0 Å². The van der Waals surface area contributed by atoms with Crippen LogP contribution in [0, 0.1) is 11.8 Å². The van der Waals surface area contributed by atoms with Gasteiger partial charge in [0, 0.05) is 39.3 Å². The highest BCUT2D eigenvalue weighted by Gasteiger charge is 2.68. The first kappa shape index (κ1) is 22.0. The average molecular weight is 436 g/mol. The van der Waals surface area contributed by atoms with Gasteiger partial charge >= 0.3 is 5.97 Å². The predicted octanol–water partition coefficient (Wildman–Crippen LogP) is 2.17. The Morgan fingerprint density at radius 2 is 1.72 bits per heavy atom. The minimum absolute atomic E-state index is 0.189. The van der Waals surface area contributed by atoms with Crippen LogP contribution in [0.25, 0.3) is 0 Å². The molecule has 7 heteroatoms. The molecule has 7 nitrogen and oxygen atoms in total. The fourth-order valence-electron chi connectivity index (χ4n) is 5.01. The van der Waals surface area contributed by atoms with Crippen LogP contribution in [0.3, 0.4) is 0 Å². The zero-order valence-electron chi connectivity index (χ0n) is 18.9. The van der Waals surface area contributed by atoms with E-state index in [1.54, 1.807) is 6.92 Å². The Morgan fingerprint density at radius 3 is 2.31 bits per heavy atom. The van der Waals surface area contributed by atoms with Gasteiger partial charge in [0.2, 0.25) is 11.8 Å². The van der Waals surface area contributed by atoms with Crippen molar-refractivity contribution in [3.8, 4) is 0 Å². The number of carbonyl (C=O) groups is 3. The normalized spacial score (nSPS) is 26.9. The molecule has 2 heterocycles. The van der Waals surface area contributed by atoms with E-state index in [9.17, 15) is 14.4 Å². The van der Waals surface area contributed by atoms with Crippen LogP contribution in [0.1, 0.15) is 24.1 Å². The number of anilines is 1. The molecule has 2 aliphatic heterocycles. The van der Waals surface area contributed by atoms with Crippen molar-refractivity contribution in [1.82, 2.24) is 10.2 Å². The summed E-state index contributed by atoms with van der Waals surface area (Å²) in [5.41, 5.74) is 1.45. The Kier molecular flexibility index (Phi) is 5.77. The third-order valence-electron chi connectivity index (χ3n) is 6.61. The second-order valence-corrected chi connectivity index (χ2v) is 8.70. The smallest absolute Gasteiger partial charge is 0.327 e. The van der Waals surface area contributed by atoms with Gasteiger partial charge in [0.05, 0.1) is 18.4 Å². The SMILES string of the molecule is CCOC(=O)[C@]1(Cc2ccccc2)N[C@@H](c2ccc(N(C)C)cc2)[C@H]2C(=O)N(C)C(=O)[C@H]21. The van der Waals surface area contributed by atoms with Gasteiger partial charge in [-0.1, -0.05) is 42.5 Å². The highest BCUT2D eigenvalue weighted by atomic mass is 16.5. The Morgan fingerprint density at radius 1 is 1.06 bits per heavy atom. The van der Waals surface area contributed by atoms with Gasteiger partial charge in [0.25, 0.3) is 0 Å². The number of hydrogen-bond donors (Lipinski definition) is 1. The van der Waals surface area contributed by atoms with Crippen molar-refractivity contribution < 1.29 is 19.1 Å². The molecule has 2 fully saturated rings. The van der Waals surface area contributed by atoms with E-state index in [2.05, 4.69) is 5.32 Å². The lowest BCUT2D eigenvalue weighted by Crippen LogP contribution is -2.57. The number of amides is 2. The lowest BCUT2D eigenvalue weighted by Gasteiger charge is -2.32. The summed E-state index contributed by atoms with van der Waals surface area (Å²) in [6.07, 6.45) is 0.257. The number of fused-ring (bicyclic) bond motifs is 1. The number of likely N-dealkylation sites (tertiary alicyclic amines) is 1. The van der Waals surface area contributed by atoms with Gasteiger partial charge < -0.3 is 9.64 Å². The first-order valence-electron chi connectivity index (χ1n) is 10.9. The van der Waals surface area contributed by atoms with E-state index in [1.165, 1.54) is 7.05 Å². The van der Waals surface area contributed by atoms with Crippen molar-refractivity contribution in [1.29, 1.82) is 0 Å². The number of imide groups is 1. The molecule has 0 saturated carbocycles. The maximum Gasteiger partial charge on any atom is 0.327 e. The van der Waals surface area contributed by atoms with Gasteiger partial charge in [-0.3, -0.25) is 24.6 Å². The maximum atomic E-state index is 13.4. The number of carbonyl (C=O) groups excluding carboxylic acids is 3. The van der Waals surface area contributed by atoms with Crippen molar-refractivity contribution in [2.75, 3.05) is 32.6 Å². The van der Waals surface area contributed by atoms with E-state index in [0.717, 1.165) is 21.7 Å². The van der Waals surface area contributed by atoms with Gasteiger partial charge in [-0.25, -0.2) is 0 Å². The standard InChI is InChI=1S/C25H29N3O4/c1-5-32-24(31)25(15-16-9-7-6-8-10-16)20-19(22(29)28(4)23(20)30)21(26-25)17-11-13-18(14-12-17)27(2)3/h6-14,19-21,26H,5,15H2,1-4H3/t19-,20-,21-,25+/m0/s1. The molecule has 0 spiro atoms. The summed E-state index contributed by atoms with van der Waals surface area (Å²) in [4.78, 5) is 43.0. The van der Waals surface area contributed by atoms with E-state index in [-0.39, 0.29) is 24.8 Å². The van der Waals surface area contributed by atoms with E-state index >= 15 is 0 Å². The maximum absolute atomic E-state index is 13.4. The summed E-state index contributed by atoms with van der Waals surface area (Å²) in [6, 6.07) is 16.9. The third kappa shape index (κ3) is 3.46. The summed E-state index contributed by atoms with van der Waals surface area (Å²) in [5.74, 6) is -2.62. The first-order valence-corrected chi connectivity index (χ1v) is 10.9. The molecular formula is C25H29N3O4. The fraction of sp³-hybridized carbons (Fsp3) is 0.400. The van der Waals surface area contributed by atoms with E-state index in [0.29, 0.717) is 0 Å². The minimum atomic E-state index is -1.33. The van der Waals surface area contributed by atoms with Crippen molar-refractivity contribution in [2.24, 2.45) is 11.8 Å². The molecule has 0 bridgehead atoms. The molecule has 2 aromatic carbocycles. The zero-order chi connectivity index (χ0) is 23.0.